The number of benzodiazepines with no additional fused rings is 1. The molecule has 0 aromatic heterocycles. The maximum Gasteiger partial charge on any atom is 0.0755 e. The van der Waals surface area contributed by atoms with Crippen LogP contribution < -0.4 is 4.90 Å². The van der Waals surface area contributed by atoms with Gasteiger partial charge in [0.1, 0.15) is 0 Å². The van der Waals surface area contributed by atoms with Gasteiger partial charge in [-0.05, 0) is 12.1 Å². The van der Waals surface area contributed by atoms with Gasteiger partial charge in [0, 0.05) is 40.1 Å². The van der Waals surface area contributed by atoms with Crippen molar-refractivity contribution in [3.05, 3.63) is 64.7 Å². The number of rotatable bonds is 4. The quantitative estimate of drug-likeness (QED) is 0.706. The molecule has 5 heteroatoms. The average molecular weight is 368 g/mol. The lowest BCUT2D eigenvalue weighted by molar-refractivity contribution is 0.670. The summed E-state index contributed by atoms with van der Waals surface area (Å²) in [7, 11) is 0. The van der Waals surface area contributed by atoms with Crippen LogP contribution in [0.4, 0.5) is 5.69 Å². The van der Waals surface area contributed by atoms with E-state index in [0.29, 0.717) is 23.3 Å². The summed E-state index contributed by atoms with van der Waals surface area (Å²) in [6.45, 7) is 1.36. The van der Waals surface area contributed by atoms with E-state index in [2.05, 4.69) is 17.0 Å². The number of para-hydroxylation sites is 1. The number of halogens is 3. The van der Waals surface area contributed by atoms with Crippen LogP contribution in [0.5, 0.6) is 0 Å². The molecule has 3 rings (SSSR count). The van der Waals surface area contributed by atoms with Crippen molar-refractivity contribution >= 4 is 46.2 Å². The number of hydrogen-bond donors (Lipinski definition) is 0. The molecule has 0 aliphatic carbocycles. The van der Waals surface area contributed by atoms with Gasteiger partial charge in [0.15, 0.2) is 0 Å². The second-order valence-electron chi connectivity index (χ2n) is 5.38. The number of aliphatic imine (C=N–C) groups is 1. The molecule has 0 spiro atoms. The van der Waals surface area contributed by atoms with Crippen LogP contribution in [-0.4, -0.2) is 36.6 Å². The topological polar surface area (TPSA) is 15.6 Å². The Balaban J connectivity index is 2.16. The summed E-state index contributed by atoms with van der Waals surface area (Å²) in [5, 5.41) is 0.703. The Labute approximate surface area is 151 Å². The Morgan fingerprint density at radius 3 is 2.39 bits per heavy atom. The highest BCUT2D eigenvalue weighted by atomic mass is 35.5. The van der Waals surface area contributed by atoms with Crippen molar-refractivity contribution in [1.29, 1.82) is 0 Å². The van der Waals surface area contributed by atoms with Gasteiger partial charge in [0.05, 0.1) is 18.3 Å². The zero-order chi connectivity index (χ0) is 16.2. The minimum Gasteiger partial charge on any atom is -0.364 e. The minimum absolute atomic E-state index is 0.122. The number of alkyl halides is 2. The fourth-order valence-corrected chi connectivity index (χ4v) is 3.58. The maximum absolute atomic E-state index is 6.40. The second kappa shape index (κ2) is 7.57. The third-order valence-electron chi connectivity index (χ3n) is 4.00. The summed E-state index contributed by atoms with van der Waals surface area (Å²) < 4.78 is 0. The van der Waals surface area contributed by atoms with E-state index in [9.17, 15) is 0 Å². The maximum atomic E-state index is 6.40. The Bertz CT molecular complexity index is 715. The fraction of sp³-hybridized carbons (Fsp3) is 0.278. The number of hydrogen-bond acceptors (Lipinski definition) is 2. The normalized spacial score (nSPS) is 17.4. The molecule has 1 heterocycles. The van der Waals surface area contributed by atoms with Gasteiger partial charge in [-0.1, -0.05) is 48.0 Å². The average Bonchev–Trinajstić information content (AvgIpc) is 2.73. The Morgan fingerprint density at radius 2 is 1.70 bits per heavy atom. The molecule has 2 nitrogen and oxygen atoms in total. The van der Waals surface area contributed by atoms with Gasteiger partial charge in [0.25, 0.3) is 0 Å². The highest BCUT2D eigenvalue weighted by molar-refractivity contribution is 6.36. The lowest BCUT2D eigenvalue weighted by Crippen LogP contribution is -2.40. The predicted octanol–water partition coefficient (Wildman–Crippen LogP) is 4.84. The van der Waals surface area contributed by atoms with Crippen molar-refractivity contribution in [3.8, 4) is 0 Å². The summed E-state index contributed by atoms with van der Waals surface area (Å²) in [5.41, 5.74) is 4.04. The van der Waals surface area contributed by atoms with Crippen LogP contribution >= 0.6 is 34.8 Å². The van der Waals surface area contributed by atoms with E-state index in [-0.39, 0.29) is 6.04 Å². The van der Waals surface area contributed by atoms with E-state index >= 15 is 0 Å². The third-order valence-corrected chi connectivity index (χ3v) is 4.86. The first-order valence-electron chi connectivity index (χ1n) is 7.53. The smallest absolute Gasteiger partial charge is 0.0755 e. The van der Waals surface area contributed by atoms with Crippen LogP contribution in [0.2, 0.25) is 5.02 Å². The van der Waals surface area contributed by atoms with Crippen molar-refractivity contribution in [1.82, 2.24) is 0 Å². The van der Waals surface area contributed by atoms with Crippen LogP contribution in [0.3, 0.4) is 0 Å². The van der Waals surface area contributed by atoms with Crippen molar-refractivity contribution < 1.29 is 0 Å². The summed E-state index contributed by atoms with van der Waals surface area (Å²) in [4.78, 5) is 7.10. The molecule has 2 aromatic rings. The van der Waals surface area contributed by atoms with Gasteiger partial charge >= 0.3 is 0 Å². The van der Waals surface area contributed by atoms with Crippen LogP contribution in [0.25, 0.3) is 0 Å². The van der Waals surface area contributed by atoms with Crippen LogP contribution in [0, 0.1) is 0 Å². The summed E-state index contributed by atoms with van der Waals surface area (Å²) in [6.07, 6.45) is 0. The number of nitrogens with zero attached hydrogens (tertiary/aromatic N) is 2. The molecule has 0 fully saturated rings. The van der Waals surface area contributed by atoms with E-state index < -0.39 is 0 Å². The Hall–Kier alpha value is -1.22. The number of fused-ring (bicyclic) bond motifs is 1. The second-order valence-corrected chi connectivity index (χ2v) is 6.47. The highest BCUT2D eigenvalue weighted by Crippen LogP contribution is 2.31. The van der Waals surface area contributed by atoms with Gasteiger partial charge in [-0.2, -0.15) is 0 Å². The molecule has 0 radical (unpaired) electrons. The lowest BCUT2D eigenvalue weighted by Gasteiger charge is -2.30. The van der Waals surface area contributed by atoms with Gasteiger partial charge < -0.3 is 4.90 Å². The largest absolute Gasteiger partial charge is 0.364 e. The van der Waals surface area contributed by atoms with E-state index in [1.165, 1.54) is 0 Å². The predicted molar refractivity (Wildman–Crippen MR) is 101 cm³/mol. The van der Waals surface area contributed by atoms with Crippen LogP contribution in [0.1, 0.15) is 11.1 Å². The fourth-order valence-electron chi connectivity index (χ4n) is 2.91. The molecule has 0 amide bonds. The SMILES string of the molecule is ClCCN1c2ccccc2C(c2ccccc2Cl)=NCC1CCl. The molecule has 0 N–H and O–H groups in total. The molecule has 23 heavy (non-hydrogen) atoms. The molecule has 0 saturated heterocycles. The van der Waals surface area contributed by atoms with Gasteiger partial charge in [-0.15, -0.1) is 23.2 Å². The van der Waals surface area contributed by atoms with Gasteiger partial charge in [0.2, 0.25) is 0 Å². The first-order valence-corrected chi connectivity index (χ1v) is 8.98. The highest BCUT2D eigenvalue weighted by Gasteiger charge is 2.26. The van der Waals surface area contributed by atoms with E-state index in [0.717, 1.165) is 29.1 Å². The van der Waals surface area contributed by atoms with E-state index in [1.807, 2.05) is 36.4 Å². The molecule has 1 aliphatic rings. The molecule has 1 aliphatic heterocycles. The number of anilines is 1. The molecular weight excluding hydrogens is 351 g/mol. The summed E-state index contributed by atoms with van der Waals surface area (Å²) >= 11 is 18.6. The van der Waals surface area contributed by atoms with Crippen molar-refractivity contribution in [2.75, 3.05) is 29.7 Å². The molecule has 1 atom stereocenters. The third kappa shape index (κ3) is 3.35. The van der Waals surface area contributed by atoms with Gasteiger partial charge in [-0.25, -0.2) is 0 Å². The molecule has 0 saturated carbocycles. The van der Waals surface area contributed by atoms with Crippen molar-refractivity contribution in [3.63, 3.8) is 0 Å². The van der Waals surface area contributed by atoms with Crippen molar-refractivity contribution in [2.24, 2.45) is 4.99 Å². The van der Waals surface area contributed by atoms with Crippen LogP contribution in [0.15, 0.2) is 53.5 Å². The Kier molecular flexibility index (Phi) is 5.47. The van der Waals surface area contributed by atoms with E-state index in [4.69, 9.17) is 39.8 Å². The molecule has 2 aromatic carbocycles. The molecule has 0 bridgehead atoms. The molecular formula is C18H17Cl3N2. The first kappa shape index (κ1) is 16.6. The van der Waals surface area contributed by atoms with Crippen molar-refractivity contribution in [2.45, 2.75) is 6.04 Å². The Morgan fingerprint density at radius 1 is 1.00 bits per heavy atom. The molecule has 120 valence electrons. The number of benzene rings is 2. The zero-order valence-corrected chi connectivity index (χ0v) is 14.8. The monoisotopic (exact) mass is 366 g/mol. The van der Waals surface area contributed by atoms with E-state index in [1.54, 1.807) is 0 Å². The molecule has 1 unspecified atom stereocenters. The summed E-state index contributed by atoms with van der Waals surface area (Å²) in [5.74, 6) is 1.05. The van der Waals surface area contributed by atoms with Crippen LogP contribution in [-0.2, 0) is 0 Å². The summed E-state index contributed by atoms with van der Waals surface area (Å²) in [6, 6.07) is 16.1. The van der Waals surface area contributed by atoms with Gasteiger partial charge in [-0.3, -0.25) is 4.99 Å². The first-order chi connectivity index (χ1) is 11.3. The standard InChI is InChI=1S/C18H17Cl3N2/c19-9-10-23-13(11-20)12-22-18(14-5-1-3-7-16(14)21)15-6-2-4-8-17(15)23/h1-8,13H,9-12H2. The zero-order valence-electron chi connectivity index (χ0n) is 12.6. The lowest BCUT2D eigenvalue weighted by atomic mass is 10.00. The minimum atomic E-state index is 0.122.